The first-order chi connectivity index (χ1) is 15.8. The second-order valence-corrected chi connectivity index (χ2v) is 9.42. The van der Waals surface area contributed by atoms with E-state index in [1.54, 1.807) is 5.01 Å². The Hall–Kier alpha value is -1.84. The molecule has 0 radical (unpaired) electrons. The van der Waals surface area contributed by atoms with Crippen LogP contribution in [0.1, 0.15) is 67.2 Å². The zero-order valence-corrected chi connectivity index (χ0v) is 21.7. The highest BCUT2D eigenvalue weighted by atomic mass is 16.5. The number of hydrogen-bond donors (Lipinski definition) is 4. The molecule has 9 nitrogen and oxygen atoms in total. The van der Waals surface area contributed by atoms with Crippen LogP contribution >= 0.6 is 0 Å². The molecule has 2 heterocycles. The fourth-order valence-electron chi connectivity index (χ4n) is 4.38. The van der Waals surface area contributed by atoms with E-state index in [9.17, 15) is 0 Å². The number of guanidine groups is 1. The van der Waals surface area contributed by atoms with Crippen molar-refractivity contribution in [3.8, 4) is 0 Å². The maximum atomic E-state index is 6.64. The van der Waals surface area contributed by atoms with E-state index in [0.717, 1.165) is 62.5 Å². The Bertz CT molecular complexity index is 692. The second-order valence-electron chi connectivity index (χ2n) is 9.42. The van der Waals surface area contributed by atoms with Gasteiger partial charge in [-0.15, -0.1) is 0 Å². The van der Waals surface area contributed by atoms with Crippen LogP contribution in [0.3, 0.4) is 0 Å². The predicted octanol–water partition coefficient (Wildman–Crippen LogP) is 2.01. The number of allylic oxidation sites excluding steroid dienone is 1. The summed E-state index contributed by atoms with van der Waals surface area (Å²) in [5, 5.41) is 8.89. The maximum absolute atomic E-state index is 6.64. The fraction of sp³-hybridized carbons (Fsp3) is 0.833. The first-order valence-electron chi connectivity index (χ1n) is 12.8. The van der Waals surface area contributed by atoms with E-state index in [4.69, 9.17) is 26.3 Å². The van der Waals surface area contributed by atoms with E-state index in [-0.39, 0.29) is 12.0 Å². The molecule has 0 aliphatic carbocycles. The van der Waals surface area contributed by atoms with Gasteiger partial charge in [-0.05, 0) is 47.0 Å². The van der Waals surface area contributed by atoms with Crippen LogP contribution in [0.15, 0.2) is 21.4 Å². The summed E-state index contributed by atoms with van der Waals surface area (Å²) in [4.78, 5) is 12.0. The molecule has 0 aromatic rings. The zero-order chi connectivity index (χ0) is 24.4. The van der Waals surface area contributed by atoms with Crippen LogP contribution in [-0.4, -0.2) is 79.2 Å². The number of rotatable bonds is 10. The molecule has 2 aliphatic rings. The van der Waals surface area contributed by atoms with Crippen LogP contribution in [0.5, 0.6) is 0 Å². The fourth-order valence-corrected chi connectivity index (χ4v) is 4.38. The molecule has 9 heteroatoms. The molecule has 2 aliphatic heterocycles. The summed E-state index contributed by atoms with van der Waals surface area (Å²) in [6.45, 7) is 17.2. The lowest BCUT2D eigenvalue weighted by molar-refractivity contribution is 0.121. The lowest BCUT2D eigenvalue weighted by Gasteiger charge is -2.34. The van der Waals surface area contributed by atoms with E-state index in [1.165, 1.54) is 0 Å². The summed E-state index contributed by atoms with van der Waals surface area (Å²) in [5.74, 6) is 8.46. The molecular formula is C24H48N8O. The van der Waals surface area contributed by atoms with Crippen molar-refractivity contribution in [3.05, 3.63) is 11.4 Å². The van der Waals surface area contributed by atoms with Crippen molar-refractivity contribution in [2.24, 2.45) is 27.5 Å². The van der Waals surface area contributed by atoms with Crippen molar-refractivity contribution in [1.29, 1.82) is 0 Å². The molecule has 0 saturated carbocycles. The van der Waals surface area contributed by atoms with E-state index in [2.05, 4.69) is 50.2 Å². The molecule has 33 heavy (non-hydrogen) atoms. The normalized spacial score (nSPS) is 24.6. The Kier molecular flexibility index (Phi) is 11.4. The van der Waals surface area contributed by atoms with E-state index in [1.807, 2.05) is 6.92 Å². The van der Waals surface area contributed by atoms with Crippen molar-refractivity contribution in [1.82, 2.24) is 20.5 Å². The van der Waals surface area contributed by atoms with E-state index in [0.29, 0.717) is 37.8 Å². The third-order valence-electron chi connectivity index (χ3n) is 6.46. The van der Waals surface area contributed by atoms with Crippen LogP contribution in [0.25, 0.3) is 0 Å². The van der Waals surface area contributed by atoms with Crippen molar-refractivity contribution < 1.29 is 4.74 Å². The molecule has 0 bridgehead atoms. The maximum Gasteiger partial charge on any atom is 0.196 e. The minimum Gasteiger partial charge on any atom is -0.380 e. The second kappa shape index (κ2) is 13.8. The summed E-state index contributed by atoms with van der Waals surface area (Å²) in [6, 6.07) is 0.681. The molecule has 1 fully saturated rings. The molecular weight excluding hydrogens is 416 g/mol. The van der Waals surface area contributed by atoms with Gasteiger partial charge in [0, 0.05) is 50.7 Å². The highest BCUT2D eigenvalue weighted by Crippen LogP contribution is 2.25. The van der Waals surface area contributed by atoms with Crippen molar-refractivity contribution in [3.63, 3.8) is 0 Å². The van der Waals surface area contributed by atoms with Crippen LogP contribution < -0.4 is 22.2 Å². The third kappa shape index (κ3) is 8.46. The van der Waals surface area contributed by atoms with Gasteiger partial charge in [0.2, 0.25) is 0 Å². The lowest BCUT2D eigenvalue weighted by Crippen LogP contribution is -2.53. The first-order valence-corrected chi connectivity index (χ1v) is 12.8. The number of hydrazine groups is 1. The van der Waals surface area contributed by atoms with Gasteiger partial charge in [-0.25, -0.2) is 10.8 Å². The van der Waals surface area contributed by atoms with Crippen LogP contribution in [-0.2, 0) is 4.74 Å². The molecule has 0 amide bonds. The average molecular weight is 465 g/mol. The number of aliphatic imine (C=N–C) groups is 2. The Labute approximate surface area is 201 Å². The molecule has 190 valence electrons. The monoisotopic (exact) mass is 464 g/mol. The summed E-state index contributed by atoms with van der Waals surface area (Å²) in [6.07, 6.45) is 4.20. The number of amidine groups is 1. The van der Waals surface area contributed by atoms with Crippen molar-refractivity contribution in [2.75, 3.05) is 39.4 Å². The van der Waals surface area contributed by atoms with Crippen LogP contribution in [0, 0.1) is 5.92 Å². The Morgan fingerprint density at radius 1 is 1.36 bits per heavy atom. The molecule has 0 aromatic carbocycles. The first kappa shape index (κ1) is 27.4. The van der Waals surface area contributed by atoms with Crippen LogP contribution in [0.2, 0.25) is 0 Å². The molecule has 2 rings (SSSR count). The van der Waals surface area contributed by atoms with Crippen molar-refractivity contribution in [2.45, 2.75) is 85.4 Å². The summed E-state index contributed by atoms with van der Waals surface area (Å²) >= 11 is 0. The lowest BCUT2D eigenvalue weighted by atomic mass is 9.99. The molecule has 0 spiro atoms. The van der Waals surface area contributed by atoms with Gasteiger partial charge >= 0.3 is 0 Å². The van der Waals surface area contributed by atoms with E-state index < -0.39 is 0 Å². The van der Waals surface area contributed by atoms with Gasteiger partial charge in [0.05, 0.1) is 36.4 Å². The van der Waals surface area contributed by atoms with Gasteiger partial charge in [0.25, 0.3) is 0 Å². The zero-order valence-electron chi connectivity index (χ0n) is 21.7. The molecule has 6 N–H and O–H groups in total. The summed E-state index contributed by atoms with van der Waals surface area (Å²) in [7, 11) is 0. The minimum absolute atomic E-state index is 0.0526. The average Bonchev–Trinajstić information content (AvgIpc) is 2.78. The number of ether oxygens (including phenoxy) is 1. The highest BCUT2D eigenvalue weighted by molar-refractivity contribution is 5.83. The van der Waals surface area contributed by atoms with Crippen molar-refractivity contribution >= 4 is 11.8 Å². The topological polar surface area (TPSA) is 117 Å². The number of nitrogens with one attached hydrogen (secondary N) is 2. The smallest absolute Gasteiger partial charge is 0.196 e. The SMILES string of the molecule is CCOCCN(N)/C(=C(/N=C(N)N1CCN[C@H](C)C1)C(C)CC)C(C)NC1=NC(C)CCC1. The predicted molar refractivity (Wildman–Crippen MR) is 138 cm³/mol. The third-order valence-corrected chi connectivity index (χ3v) is 6.46. The molecule has 0 aromatic heterocycles. The van der Waals surface area contributed by atoms with Gasteiger partial charge in [-0.3, -0.25) is 4.99 Å². The molecule has 1 saturated heterocycles. The molecule has 4 atom stereocenters. The Morgan fingerprint density at radius 3 is 2.76 bits per heavy atom. The standard InChI is InChI=1S/C24H48N8O/c1-7-17(3)22(30-24(25)31-13-12-27-19(5)16-31)23(32(26)14-15-33-8-2)20(6)29-21-11-9-10-18(4)28-21/h17-20,27H,7-16,26H2,1-6H3,(H2,25,30)(H,28,29)/b23-22+/t17?,18?,19-,20?/m1/s1. The Morgan fingerprint density at radius 2 is 2.12 bits per heavy atom. The number of nitrogens with two attached hydrogens (primary N) is 2. The summed E-state index contributed by atoms with van der Waals surface area (Å²) in [5.41, 5.74) is 8.44. The van der Waals surface area contributed by atoms with Gasteiger partial charge in [0.15, 0.2) is 5.96 Å². The number of hydrogen-bond acceptors (Lipinski definition) is 7. The van der Waals surface area contributed by atoms with Crippen LogP contribution in [0.4, 0.5) is 0 Å². The van der Waals surface area contributed by atoms with Gasteiger partial charge in [-0.1, -0.05) is 13.8 Å². The quantitative estimate of drug-likeness (QED) is 0.128. The van der Waals surface area contributed by atoms with Gasteiger partial charge in [0.1, 0.15) is 0 Å². The molecule has 3 unspecified atom stereocenters. The number of piperazine rings is 1. The Balaban J connectivity index is 2.42. The number of nitrogens with zero attached hydrogens (tertiary/aromatic N) is 4. The van der Waals surface area contributed by atoms with E-state index >= 15 is 0 Å². The largest absolute Gasteiger partial charge is 0.380 e. The van der Waals surface area contributed by atoms with Gasteiger partial charge < -0.3 is 31.0 Å². The summed E-state index contributed by atoms with van der Waals surface area (Å²) < 4.78 is 5.59. The minimum atomic E-state index is -0.0526. The van der Waals surface area contributed by atoms with Gasteiger partial charge in [-0.2, -0.15) is 0 Å². The highest BCUT2D eigenvalue weighted by Gasteiger charge is 2.26.